The van der Waals surface area contributed by atoms with Gasteiger partial charge in [-0.15, -0.1) is 11.3 Å². The number of ether oxygens (including phenoxy) is 1. The molecule has 0 fully saturated rings. The van der Waals surface area contributed by atoms with E-state index in [1.54, 1.807) is 18.4 Å². The average Bonchev–Trinajstić information content (AvgIpc) is 3.12. The zero-order valence-electron chi connectivity index (χ0n) is 12.1. The molecule has 20 heavy (non-hydrogen) atoms. The van der Waals surface area contributed by atoms with Crippen LogP contribution in [0.2, 0.25) is 0 Å². The molecule has 0 aliphatic heterocycles. The molecular formula is C17H21NOS. The van der Waals surface area contributed by atoms with Crippen molar-refractivity contribution < 1.29 is 4.74 Å². The molecule has 0 radical (unpaired) electrons. The lowest BCUT2D eigenvalue weighted by molar-refractivity contribution is 0.416. The lowest BCUT2D eigenvalue weighted by atomic mass is 10.00. The molecule has 0 amide bonds. The maximum absolute atomic E-state index is 5.32. The van der Waals surface area contributed by atoms with Crippen molar-refractivity contribution in [1.82, 2.24) is 5.32 Å². The fourth-order valence-corrected chi connectivity index (χ4v) is 3.91. The van der Waals surface area contributed by atoms with E-state index in [1.807, 2.05) is 0 Å². The zero-order valence-corrected chi connectivity index (χ0v) is 12.9. The van der Waals surface area contributed by atoms with E-state index in [4.69, 9.17) is 4.74 Å². The molecular weight excluding hydrogens is 266 g/mol. The molecule has 3 rings (SSSR count). The van der Waals surface area contributed by atoms with E-state index < -0.39 is 0 Å². The van der Waals surface area contributed by atoms with Gasteiger partial charge >= 0.3 is 0 Å². The first-order chi connectivity index (χ1) is 9.81. The summed E-state index contributed by atoms with van der Waals surface area (Å²) in [4.78, 5) is 1.32. The number of fused-ring (bicyclic) bond motifs is 1. The third kappa shape index (κ3) is 2.60. The summed E-state index contributed by atoms with van der Waals surface area (Å²) < 4.78 is 5.32. The minimum absolute atomic E-state index is 0.278. The van der Waals surface area contributed by atoms with Gasteiger partial charge in [-0.25, -0.2) is 0 Å². The van der Waals surface area contributed by atoms with Gasteiger partial charge in [0, 0.05) is 10.3 Å². The molecule has 106 valence electrons. The molecule has 1 N–H and O–H groups in total. The van der Waals surface area contributed by atoms with Crippen LogP contribution in [0, 0.1) is 0 Å². The summed E-state index contributed by atoms with van der Waals surface area (Å²) in [6, 6.07) is 9.41. The summed E-state index contributed by atoms with van der Waals surface area (Å²) in [7, 11) is 1.73. The van der Waals surface area contributed by atoms with Crippen molar-refractivity contribution in [2.45, 2.75) is 32.2 Å². The molecule has 1 aliphatic carbocycles. The standard InChI is InChI=1S/C17H21NOS/c1-3-18-17(16-10-15(19-2)11-20-16)14-8-7-12-5-4-6-13(12)9-14/h7-11,17-18H,3-6H2,1-2H3. The number of thiophene rings is 1. The van der Waals surface area contributed by atoms with E-state index in [0.29, 0.717) is 0 Å². The highest BCUT2D eigenvalue weighted by atomic mass is 32.1. The Bertz CT molecular complexity index is 590. The molecule has 2 aromatic rings. The van der Waals surface area contributed by atoms with Crippen LogP contribution in [0.4, 0.5) is 0 Å². The van der Waals surface area contributed by atoms with Gasteiger partial charge in [0.05, 0.1) is 13.2 Å². The monoisotopic (exact) mass is 287 g/mol. The normalized spacial score (nSPS) is 15.1. The van der Waals surface area contributed by atoms with Gasteiger partial charge in [0.2, 0.25) is 0 Å². The molecule has 1 aromatic carbocycles. The lowest BCUT2D eigenvalue weighted by Crippen LogP contribution is -2.21. The van der Waals surface area contributed by atoms with Crippen LogP contribution < -0.4 is 10.1 Å². The van der Waals surface area contributed by atoms with Crippen molar-refractivity contribution >= 4 is 11.3 Å². The Morgan fingerprint density at radius 1 is 1.25 bits per heavy atom. The van der Waals surface area contributed by atoms with Crippen molar-refractivity contribution in [2.24, 2.45) is 0 Å². The van der Waals surface area contributed by atoms with Crippen LogP contribution in [-0.4, -0.2) is 13.7 Å². The third-order valence-corrected chi connectivity index (χ3v) is 4.96. The molecule has 2 nitrogen and oxygen atoms in total. The summed E-state index contributed by atoms with van der Waals surface area (Å²) in [5.41, 5.74) is 4.44. The summed E-state index contributed by atoms with van der Waals surface area (Å²) in [6.45, 7) is 3.12. The van der Waals surface area contributed by atoms with E-state index in [-0.39, 0.29) is 6.04 Å². The Morgan fingerprint density at radius 2 is 2.10 bits per heavy atom. The Labute approximate surface area is 124 Å². The lowest BCUT2D eigenvalue weighted by Gasteiger charge is -2.18. The van der Waals surface area contributed by atoms with E-state index in [1.165, 1.54) is 40.8 Å². The van der Waals surface area contributed by atoms with Crippen LogP contribution in [0.15, 0.2) is 29.6 Å². The molecule has 0 saturated heterocycles. The molecule has 0 bridgehead atoms. The highest BCUT2D eigenvalue weighted by Crippen LogP contribution is 2.33. The fourth-order valence-electron chi connectivity index (χ4n) is 2.95. The van der Waals surface area contributed by atoms with Crippen LogP contribution in [0.25, 0.3) is 0 Å². The molecule has 1 heterocycles. The number of benzene rings is 1. The second-order valence-corrected chi connectivity index (χ2v) is 6.20. The van der Waals surface area contributed by atoms with E-state index in [0.717, 1.165) is 12.3 Å². The first-order valence-electron chi connectivity index (χ1n) is 7.29. The number of hydrogen-bond acceptors (Lipinski definition) is 3. The van der Waals surface area contributed by atoms with Crippen molar-refractivity contribution in [3.63, 3.8) is 0 Å². The van der Waals surface area contributed by atoms with Gasteiger partial charge in [-0.1, -0.05) is 25.1 Å². The van der Waals surface area contributed by atoms with Crippen LogP contribution in [0.1, 0.15) is 41.0 Å². The number of rotatable bonds is 5. The number of hydrogen-bond donors (Lipinski definition) is 1. The fraction of sp³-hybridized carbons (Fsp3) is 0.412. The van der Waals surface area contributed by atoms with Crippen LogP contribution in [0.5, 0.6) is 5.75 Å². The van der Waals surface area contributed by atoms with Gasteiger partial charge in [0.15, 0.2) is 0 Å². The Morgan fingerprint density at radius 3 is 2.85 bits per heavy atom. The van der Waals surface area contributed by atoms with Crippen molar-refractivity contribution in [3.05, 3.63) is 51.2 Å². The quantitative estimate of drug-likeness (QED) is 0.899. The average molecular weight is 287 g/mol. The van der Waals surface area contributed by atoms with Gasteiger partial charge in [-0.2, -0.15) is 0 Å². The summed E-state index contributed by atoms with van der Waals surface area (Å²) in [6.07, 6.45) is 3.78. The molecule has 0 saturated carbocycles. The smallest absolute Gasteiger partial charge is 0.129 e. The Balaban J connectivity index is 1.93. The summed E-state index contributed by atoms with van der Waals surface area (Å²) in [5.74, 6) is 0.953. The summed E-state index contributed by atoms with van der Waals surface area (Å²) >= 11 is 1.76. The van der Waals surface area contributed by atoms with Gasteiger partial charge in [0.1, 0.15) is 5.75 Å². The highest BCUT2D eigenvalue weighted by Gasteiger charge is 2.18. The number of methoxy groups -OCH3 is 1. The van der Waals surface area contributed by atoms with Crippen LogP contribution in [0.3, 0.4) is 0 Å². The predicted octanol–water partition coefficient (Wildman–Crippen LogP) is 3.94. The topological polar surface area (TPSA) is 21.3 Å². The highest BCUT2D eigenvalue weighted by molar-refractivity contribution is 7.10. The minimum Gasteiger partial charge on any atom is -0.496 e. The molecule has 1 aromatic heterocycles. The predicted molar refractivity (Wildman–Crippen MR) is 84.9 cm³/mol. The van der Waals surface area contributed by atoms with E-state index in [9.17, 15) is 0 Å². The van der Waals surface area contributed by atoms with Gasteiger partial charge in [0.25, 0.3) is 0 Å². The van der Waals surface area contributed by atoms with Crippen molar-refractivity contribution in [2.75, 3.05) is 13.7 Å². The number of nitrogens with one attached hydrogen (secondary N) is 1. The first-order valence-corrected chi connectivity index (χ1v) is 8.17. The molecule has 1 unspecified atom stereocenters. The molecule has 0 spiro atoms. The SMILES string of the molecule is CCNC(c1ccc2c(c1)CCC2)c1cc(OC)cs1. The second-order valence-electron chi connectivity index (χ2n) is 5.26. The Kier molecular flexibility index (Phi) is 4.08. The van der Waals surface area contributed by atoms with Crippen LogP contribution >= 0.6 is 11.3 Å². The van der Waals surface area contributed by atoms with Gasteiger partial charge in [-0.3, -0.25) is 0 Å². The maximum atomic E-state index is 5.32. The van der Waals surface area contributed by atoms with E-state index >= 15 is 0 Å². The van der Waals surface area contributed by atoms with E-state index in [2.05, 4.69) is 41.9 Å². The largest absolute Gasteiger partial charge is 0.496 e. The Hall–Kier alpha value is -1.32. The molecule has 1 aliphatic rings. The third-order valence-electron chi connectivity index (χ3n) is 3.98. The second kappa shape index (κ2) is 5.98. The maximum Gasteiger partial charge on any atom is 0.129 e. The first kappa shape index (κ1) is 13.7. The summed E-state index contributed by atoms with van der Waals surface area (Å²) in [5, 5.41) is 5.68. The van der Waals surface area contributed by atoms with Gasteiger partial charge < -0.3 is 10.1 Å². The van der Waals surface area contributed by atoms with Crippen molar-refractivity contribution in [1.29, 1.82) is 0 Å². The van der Waals surface area contributed by atoms with Crippen molar-refractivity contribution in [3.8, 4) is 5.75 Å². The minimum atomic E-state index is 0.278. The number of aryl methyl sites for hydroxylation is 2. The van der Waals surface area contributed by atoms with Gasteiger partial charge in [-0.05, 0) is 48.6 Å². The zero-order chi connectivity index (χ0) is 13.9. The molecule has 1 atom stereocenters. The molecule has 3 heteroatoms. The van der Waals surface area contributed by atoms with Crippen LogP contribution in [-0.2, 0) is 12.8 Å².